The van der Waals surface area contributed by atoms with Crippen LogP contribution in [0.4, 0.5) is 5.69 Å². The Bertz CT molecular complexity index is 500. The fourth-order valence-corrected chi connectivity index (χ4v) is 2.12. The summed E-state index contributed by atoms with van der Waals surface area (Å²) in [6, 6.07) is 1.69. The summed E-state index contributed by atoms with van der Waals surface area (Å²) in [5.41, 5.74) is 6.87. The van der Waals surface area contributed by atoms with Crippen LogP contribution in [0.25, 0.3) is 0 Å². The monoisotopic (exact) mass is 273 g/mol. The average Bonchev–Trinajstić information content (AvgIpc) is 2.29. The normalized spacial score (nSPS) is 11.1. The number of nitrogens with two attached hydrogens (primary N) is 1. The Labute approximate surface area is 106 Å². The van der Waals surface area contributed by atoms with Gasteiger partial charge in [-0.2, -0.15) is 0 Å². The minimum Gasteiger partial charge on any atom is -0.389 e. The van der Waals surface area contributed by atoms with E-state index in [2.05, 4.69) is 10.3 Å². The molecule has 0 fully saturated rings. The maximum atomic E-state index is 11.3. The van der Waals surface area contributed by atoms with E-state index in [9.17, 15) is 8.42 Å². The molecule has 0 bridgehead atoms. The molecule has 3 N–H and O–H groups in total. The zero-order valence-electron chi connectivity index (χ0n) is 9.51. The van der Waals surface area contributed by atoms with Crippen molar-refractivity contribution in [2.24, 2.45) is 5.73 Å². The van der Waals surface area contributed by atoms with Crippen molar-refractivity contribution < 1.29 is 8.42 Å². The molecule has 0 saturated carbocycles. The molecule has 0 amide bonds. The van der Waals surface area contributed by atoms with Gasteiger partial charge in [0.1, 0.15) is 4.99 Å². The highest BCUT2D eigenvalue weighted by atomic mass is 32.2. The third-order valence-corrected chi connectivity index (χ3v) is 4.18. The number of hydrogen-bond acceptors (Lipinski definition) is 5. The summed E-state index contributed by atoms with van der Waals surface area (Å²) in [7, 11) is -2.97. The van der Waals surface area contributed by atoms with Gasteiger partial charge in [0.15, 0.2) is 9.84 Å². The van der Waals surface area contributed by atoms with Gasteiger partial charge in [-0.05, 0) is 6.07 Å². The van der Waals surface area contributed by atoms with Crippen LogP contribution in [0.15, 0.2) is 18.5 Å². The second-order valence-corrected chi connectivity index (χ2v) is 6.36. The van der Waals surface area contributed by atoms with E-state index in [4.69, 9.17) is 18.0 Å². The summed E-state index contributed by atoms with van der Waals surface area (Å²) in [5, 5.41) is 2.98. The highest BCUT2D eigenvalue weighted by Crippen LogP contribution is 2.12. The van der Waals surface area contributed by atoms with E-state index < -0.39 is 9.84 Å². The van der Waals surface area contributed by atoms with Crippen molar-refractivity contribution in [2.75, 3.05) is 23.4 Å². The summed E-state index contributed by atoms with van der Waals surface area (Å²) in [4.78, 5) is 4.19. The summed E-state index contributed by atoms with van der Waals surface area (Å²) < 4.78 is 22.6. The van der Waals surface area contributed by atoms with Gasteiger partial charge in [0, 0.05) is 24.1 Å². The molecule has 0 aliphatic rings. The van der Waals surface area contributed by atoms with E-state index in [0.29, 0.717) is 17.8 Å². The standard InChI is InChI=1S/C10H15N3O2S2/c1-2-17(14,15)6-5-13-9-7-12-4-3-8(9)10(11)16/h3-4,7,13H,2,5-6H2,1H3,(H2,11,16). The summed E-state index contributed by atoms with van der Waals surface area (Å²) >= 11 is 4.89. The first kappa shape index (κ1) is 13.9. The Morgan fingerprint density at radius 2 is 2.29 bits per heavy atom. The van der Waals surface area contributed by atoms with Crippen molar-refractivity contribution in [3.8, 4) is 0 Å². The number of hydrogen-bond donors (Lipinski definition) is 2. The molecule has 1 heterocycles. The molecule has 0 aromatic carbocycles. The second kappa shape index (κ2) is 5.92. The smallest absolute Gasteiger partial charge is 0.151 e. The van der Waals surface area contributed by atoms with Gasteiger partial charge in [-0.1, -0.05) is 19.1 Å². The zero-order chi connectivity index (χ0) is 12.9. The number of rotatable bonds is 6. The Morgan fingerprint density at radius 1 is 1.59 bits per heavy atom. The van der Waals surface area contributed by atoms with E-state index in [0.717, 1.165) is 0 Å². The maximum Gasteiger partial charge on any atom is 0.151 e. The van der Waals surface area contributed by atoms with Crippen LogP contribution in [0.2, 0.25) is 0 Å². The van der Waals surface area contributed by atoms with E-state index in [1.165, 1.54) is 0 Å². The van der Waals surface area contributed by atoms with Crippen molar-refractivity contribution in [3.63, 3.8) is 0 Å². The molecule has 1 aromatic rings. The lowest BCUT2D eigenvalue weighted by Gasteiger charge is -2.10. The van der Waals surface area contributed by atoms with Crippen molar-refractivity contribution in [3.05, 3.63) is 24.0 Å². The third kappa shape index (κ3) is 4.27. The molecule has 0 saturated heterocycles. The summed E-state index contributed by atoms with van der Waals surface area (Å²) in [6.07, 6.45) is 3.16. The highest BCUT2D eigenvalue weighted by molar-refractivity contribution is 7.91. The van der Waals surface area contributed by atoms with Crippen molar-refractivity contribution >= 4 is 32.7 Å². The van der Waals surface area contributed by atoms with Crippen LogP contribution in [-0.4, -0.2) is 36.4 Å². The van der Waals surface area contributed by atoms with Gasteiger partial charge in [0.2, 0.25) is 0 Å². The molecule has 94 valence electrons. The molecule has 7 heteroatoms. The van der Waals surface area contributed by atoms with Gasteiger partial charge in [-0.3, -0.25) is 4.98 Å². The number of nitrogens with one attached hydrogen (secondary N) is 1. The van der Waals surface area contributed by atoms with Gasteiger partial charge < -0.3 is 11.1 Å². The lowest BCUT2D eigenvalue weighted by Crippen LogP contribution is -2.19. The van der Waals surface area contributed by atoms with Crippen LogP contribution < -0.4 is 11.1 Å². The molecule has 17 heavy (non-hydrogen) atoms. The predicted octanol–water partition coefficient (Wildman–Crippen LogP) is 0.562. The molecule has 0 aliphatic carbocycles. The number of pyridine rings is 1. The Kier molecular flexibility index (Phi) is 4.83. The van der Waals surface area contributed by atoms with Gasteiger partial charge in [-0.25, -0.2) is 8.42 Å². The van der Waals surface area contributed by atoms with Gasteiger partial charge in [-0.15, -0.1) is 0 Å². The van der Waals surface area contributed by atoms with E-state index in [-0.39, 0.29) is 16.5 Å². The highest BCUT2D eigenvalue weighted by Gasteiger charge is 2.08. The Balaban J connectivity index is 2.67. The molecular formula is C10H15N3O2S2. The Morgan fingerprint density at radius 3 is 2.88 bits per heavy atom. The first-order valence-electron chi connectivity index (χ1n) is 5.14. The quantitative estimate of drug-likeness (QED) is 0.737. The lowest BCUT2D eigenvalue weighted by atomic mass is 10.2. The van der Waals surface area contributed by atoms with Crippen molar-refractivity contribution in [2.45, 2.75) is 6.92 Å². The minimum atomic E-state index is -2.97. The van der Waals surface area contributed by atoms with Crippen LogP contribution in [0, 0.1) is 0 Å². The maximum absolute atomic E-state index is 11.3. The molecule has 1 aromatic heterocycles. The fourth-order valence-electron chi connectivity index (χ4n) is 1.24. The van der Waals surface area contributed by atoms with E-state index >= 15 is 0 Å². The molecule has 0 atom stereocenters. The lowest BCUT2D eigenvalue weighted by molar-refractivity contribution is 0.597. The number of nitrogens with zero attached hydrogens (tertiary/aromatic N) is 1. The van der Waals surface area contributed by atoms with Crippen LogP contribution >= 0.6 is 12.2 Å². The molecular weight excluding hydrogens is 258 g/mol. The largest absolute Gasteiger partial charge is 0.389 e. The topological polar surface area (TPSA) is 85.1 Å². The van der Waals surface area contributed by atoms with Crippen molar-refractivity contribution in [1.29, 1.82) is 0 Å². The third-order valence-electron chi connectivity index (χ3n) is 2.25. The average molecular weight is 273 g/mol. The molecule has 1 rings (SSSR count). The summed E-state index contributed by atoms with van der Waals surface area (Å²) in [5.74, 6) is 0.221. The van der Waals surface area contributed by atoms with E-state index in [1.54, 1.807) is 25.4 Å². The Hall–Kier alpha value is -1.21. The van der Waals surface area contributed by atoms with Gasteiger partial charge in [0.05, 0.1) is 17.6 Å². The van der Waals surface area contributed by atoms with Gasteiger partial charge in [0.25, 0.3) is 0 Å². The van der Waals surface area contributed by atoms with Crippen LogP contribution in [0.5, 0.6) is 0 Å². The molecule has 0 aliphatic heterocycles. The minimum absolute atomic E-state index is 0.0785. The van der Waals surface area contributed by atoms with Crippen LogP contribution in [0.1, 0.15) is 12.5 Å². The van der Waals surface area contributed by atoms with Crippen LogP contribution in [-0.2, 0) is 9.84 Å². The van der Waals surface area contributed by atoms with Crippen LogP contribution in [0.3, 0.4) is 0 Å². The molecule has 5 nitrogen and oxygen atoms in total. The predicted molar refractivity (Wildman–Crippen MR) is 72.9 cm³/mol. The zero-order valence-corrected chi connectivity index (χ0v) is 11.1. The number of anilines is 1. The van der Waals surface area contributed by atoms with E-state index in [1.807, 2.05) is 0 Å². The van der Waals surface area contributed by atoms with Gasteiger partial charge >= 0.3 is 0 Å². The summed E-state index contributed by atoms with van der Waals surface area (Å²) in [6.45, 7) is 1.94. The molecule has 0 radical (unpaired) electrons. The number of aromatic nitrogens is 1. The number of thiocarbonyl (C=S) groups is 1. The molecule has 0 spiro atoms. The fraction of sp³-hybridized carbons (Fsp3) is 0.400. The second-order valence-electron chi connectivity index (χ2n) is 3.45. The number of sulfone groups is 1. The van der Waals surface area contributed by atoms with Crippen molar-refractivity contribution in [1.82, 2.24) is 4.98 Å². The first-order chi connectivity index (χ1) is 7.96. The SMILES string of the molecule is CCS(=O)(=O)CCNc1cnccc1C(N)=S. The molecule has 0 unspecified atom stereocenters. The first-order valence-corrected chi connectivity index (χ1v) is 7.37.